The summed E-state index contributed by atoms with van der Waals surface area (Å²) in [5, 5.41) is 11.8. The molecule has 0 aliphatic rings. The second-order valence-corrected chi connectivity index (χ2v) is 4.68. The zero-order valence-corrected chi connectivity index (χ0v) is 11.0. The van der Waals surface area contributed by atoms with E-state index in [1.54, 1.807) is 18.2 Å². The molecule has 2 N–H and O–H groups in total. The monoisotopic (exact) mass is 269 g/mol. The van der Waals surface area contributed by atoms with Gasteiger partial charge in [-0.3, -0.25) is 4.79 Å². The summed E-state index contributed by atoms with van der Waals surface area (Å²) in [5.41, 5.74) is 0. The van der Waals surface area contributed by atoms with E-state index in [0.717, 1.165) is 4.90 Å². The van der Waals surface area contributed by atoms with Gasteiger partial charge in [0.2, 0.25) is 5.91 Å². The Balaban J connectivity index is 2.61. The first-order valence-corrected chi connectivity index (χ1v) is 6.28. The topological polar surface area (TPSA) is 75.6 Å². The molecular formula is C12H15NO4S. The van der Waals surface area contributed by atoms with Crippen LogP contribution in [0.5, 0.6) is 5.75 Å². The average Bonchev–Trinajstić information content (AvgIpc) is 2.33. The molecule has 5 nitrogen and oxygen atoms in total. The van der Waals surface area contributed by atoms with Gasteiger partial charge in [0.25, 0.3) is 0 Å². The Morgan fingerprint density at radius 3 is 2.78 bits per heavy atom. The molecule has 1 rings (SSSR count). The van der Waals surface area contributed by atoms with Crippen LogP contribution in [0.25, 0.3) is 0 Å². The van der Waals surface area contributed by atoms with Crippen LogP contribution in [0.1, 0.15) is 6.92 Å². The van der Waals surface area contributed by atoms with Gasteiger partial charge in [0.1, 0.15) is 11.8 Å². The molecule has 1 amide bonds. The highest BCUT2D eigenvalue weighted by molar-refractivity contribution is 7.99. The molecule has 0 aromatic heterocycles. The lowest BCUT2D eigenvalue weighted by Gasteiger charge is -2.14. The molecule has 6 heteroatoms. The fourth-order valence-electron chi connectivity index (χ4n) is 1.31. The van der Waals surface area contributed by atoms with E-state index in [2.05, 4.69) is 10.1 Å². The molecule has 18 heavy (non-hydrogen) atoms. The zero-order valence-electron chi connectivity index (χ0n) is 10.2. The number of carbonyl (C=O) groups is 2. The van der Waals surface area contributed by atoms with E-state index in [1.807, 2.05) is 6.07 Å². The van der Waals surface area contributed by atoms with Gasteiger partial charge < -0.3 is 15.2 Å². The third-order valence-corrected chi connectivity index (χ3v) is 3.18. The highest BCUT2D eigenvalue weighted by atomic mass is 32.2. The van der Waals surface area contributed by atoms with Crippen LogP contribution in [0.3, 0.4) is 0 Å². The molecule has 0 spiro atoms. The molecule has 0 bridgehead atoms. The van der Waals surface area contributed by atoms with Crippen LogP contribution in [0.15, 0.2) is 29.2 Å². The first-order valence-electron chi connectivity index (χ1n) is 5.29. The number of methoxy groups -OCH3 is 1. The van der Waals surface area contributed by atoms with Gasteiger partial charge in [0, 0.05) is 17.6 Å². The molecule has 0 radical (unpaired) electrons. The van der Waals surface area contributed by atoms with E-state index < -0.39 is 12.0 Å². The second kappa shape index (κ2) is 6.90. The van der Waals surface area contributed by atoms with Gasteiger partial charge in [-0.1, -0.05) is 6.07 Å². The van der Waals surface area contributed by atoms with E-state index in [-0.39, 0.29) is 11.7 Å². The normalized spacial score (nSPS) is 11.7. The van der Waals surface area contributed by atoms with Crippen molar-refractivity contribution in [3.05, 3.63) is 24.3 Å². The number of hydrogen-bond donors (Lipinski definition) is 2. The van der Waals surface area contributed by atoms with Gasteiger partial charge in [-0.15, -0.1) is 11.8 Å². The van der Waals surface area contributed by atoms with Gasteiger partial charge in [-0.2, -0.15) is 0 Å². The van der Waals surface area contributed by atoms with Crippen LogP contribution in [0, 0.1) is 0 Å². The lowest BCUT2D eigenvalue weighted by molar-refractivity contribution is -0.144. The van der Waals surface area contributed by atoms with Gasteiger partial charge in [-0.05, 0) is 18.2 Å². The highest BCUT2D eigenvalue weighted by Gasteiger charge is 2.20. The molecule has 1 aromatic rings. The van der Waals surface area contributed by atoms with E-state index in [9.17, 15) is 14.7 Å². The molecule has 0 heterocycles. The second-order valence-electron chi connectivity index (χ2n) is 3.58. The summed E-state index contributed by atoms with van der Waals surface area (Å²) in [4.78, 5) is 23.2. The summed E-state index contributed by atoms with van der Waals surface area (Å²) in [6, 6.07) is 5.98. The minimum absolute atomic E-state index is 0.161. The molecule has 1 atom stereocenters. The number of ether oxygens (including phenoxy) is 1. The zero-order chi connectivity index (χ0) is 13.5. The van der Waals surface area contributed by atoms with Crippen molar-refractivity contribution in [2.75, 3.05) is 12.9 Å². The Bertz CT molecular complexity index is 436. The molecule has 0 fully saturated rings. The fraction of sp³-hybridized carbons (Fsp3) is 0.333. The number of amides is 1. The number of nitrogens with one attached hydrogen (secondary N) is 1. The van der Waals surface area contributed by atoms with Crippen molar-refractivity contribution in [3.8, 4) is 5.75 Å². The summed E-state index contributed by atoms with van der Waals surface area (Å²) >= 11 is 1.35. The molecule has 0 saturated carbocycles. The van der Waals surface area contributed by atoms with Crippen LogP contribution in [-0.2, 0) is 14.3 Å². The maximum atomic E-state index is 11.4. The minimum atomic E-state index is -0.695. The number of phenolic OH excluding ortho intramolecular Hbond substituents is 1. The molecule has 1 aromatic carbocycles. The van der Waals surface area contributed by atoms with Gasteiger partial charge in [-0.25, -0.2) is 4.79 Å². The SMILES string of the molecule is COC(=O)C(CSc1cccc(O)c1)NC(C)=O. The van der Waals surface area contributed by atoms with Crippen LogP contribution < -0.4 is 5.32 Å². The lowest BCUT2D eigenvalue weighted by atomic mass is 10.3. The van der Waals surface area contributed by atoms with Crippen molar-refractivity contribution in [2.45, 2.75) is 17.9 Å². The number of carbonyl (C=O) groups excluding carboxylic acids is 2. The Hall–Kier alpha value is -1.69. The van der Waals surface area contributed by atoms with Gasteiger partial charge >= 0.3 is 5.97 Å². The van der Waals surface area contributed by atoms with E-state index >= 15 is 0 Å². The number of benzene rings is 1. The molecule has 0 saturated heterocycles. The number of phenols is 1. The van der Waals surface area contributed by atoms with Crippen molar-refractivity contribution in [1.82, 2.24) is 5.32 Å². The Morgan fingerprint density at radius 1 is 1.50 bits per heavy atom. The summed E-state index contributed by atoms with van der Waals surface area (Å²) in [6.07, 6.45) is 0. The maximum Gasteiger partial charge on any atom is 0.329 e. The number of rotatable bonds is 5. The van der Waals surface area contributed by atoms with E-state index in [0.29, 0.717) is 5.75 Å². The Morgan fingerprint density at radius 2 is 2.22 bits per heavy atom. The third-order valence-electron chi connectivity index (χ3n) is 2.10. The molecule has 0 aliphatic heterocycles. The summed E-state index contributed by atoms with van der Waals surface area (Å²) < 4.78 is 4.61. The predicted octanol–water partition coefficient (Wildman–Crippen LogP) is 1.16. The van der Waals surface area contributed by atoms with Gasteiger partial charge in [0.05, 0.1) is 7.11 Å². The standard InChI is InChI=1S/C12H15NO4S/c1-8(14)13-11(12(16)17-2)7-18-10-5-3-4-9(15)6-10/h3-6,11,15H,7H2,1-2H3,(H,13,14). The van der Waals surface area contributed by atoms with Crippen molar-refractivity contribution in [2.24, 2.45) is 0 Å². The van der Waals surface area contributed by atoms with Gasteiger partial charge in [0.15, 0.2) is 0 Å². The molecule has 98 valence electrons. The van der Waals surface area contributed by atoms with Crippen molar-refractivity contribution in [3.63, 3.8) is 0 Å². The fourth-order valence-corrected chi connectivity index (χ4v) is 2.27. The van der Waals surface area contributed by atoms with Crippen LogP contribution in [0.2, 0.25) is 0 Å². The first-order chi connectivity index (χ1) is 8.52. The summed E-state index contributed by atoms with van der Waals surface area (Å²) in [5.74, 6) is -0.274. The van der Waals surface area contributed by atoms with Crippen LogP contribution >= 0.6 is 11.8 Å². The minimum Gasteiger partial charge on any atom is -0.508 e. The predicted molar refractivity (Wildman–Crippen MR) is 68.5 cm³/mol. The smallest absolute Gasteiger partial charge is 0.329 e. The number of esters is 1. The number of hydrogen-bond acceptors (Lipinski definition) is 5. The largest absolute Gasteiger partial charge is 0.508 e. The van der Waals surface area contributed by atoms with E-state index in [4.69, 9.17) is 0 Å². The Kier molecular flexibility index (Phi) is 5.51. The lowest BCUT2D eigenvalue weighted by Crippen LogP contribution is -2.42. The van der Waals surface area contributed by atoms with Crippen molar-refractivity contribution < 1.29 is 19.4 Å². The summed E-state index contributed by atoms with van der Waals surface area (Å²) in [6.45, 7) is 1.34. The molecule has 0 aliphatic carbocycles. The van der Waals surface area contributed by atoms with E-state index in [1.165, 1.54) is 25.8 Å². The summed E-state index contributed by atoms with van der Waals surface area (Å²) in [7, 11) is 1.27. The molecule has 1 unspecified atom stereocenters. The average molecular weight is 269 g/mol. The number of aromatic hydroxyl groups is 1. The van der Waals surface area contributed by atoms with Crippen molar-refractivity contribution >= 4 is 23.6 Å². The molecular weight excluding hydrogens is 254 g/mol. The third kappa shape index (κ3) is 4.67. The highest BCUT2D eigenvalue weighted by Crippen LogP contribution is 2.22. The first kappa shape index (κ1) is 14.4. The number of thioether (sulfide) groups is 1. The van der Waals surface area contributed by atoms with Crippen LogP contribution in [0.4, 0.5) is 0 Å². The van der Waals surface area contributed by atoms with Crippen LogP contribution in [-0.4, -0.2) is 35.9 Å². The maximum absolute atomic E-state index is 11.4. The Labute approximate surface area is 110 Å². The van der Waals surface area contributed by atoms with Crippen molar-refractivity contribution in [1.29, 1.82) is 0 Å². The quantitative estimate of drug-likeness (QED) is 0.620.